The van der Waals surface area contributed by atoms with Crippen molar-refractivity contribution in [3.63, 3.8) is 0 Å². The van der Waals surface area contributed by atoms with Crippen LogP contribution in [0.4, 0.5) is 0 Å². The van der Waals surface area contributed by atoms with Crippen molar-refractivity contribution in [2.75, 3.05) is 0 Å². The van der Waals surface area contributed by atoms with Gasteiger partial charge in [0.15, 0.2) is 0 Å². The zero-order chi connectivity index (χ0) is 14.1. The summed E-state index contributed by atoms with van der Waals surface area (Å²) < 4.78 is 18.1. The average molecular weight is 309 g/mol. The Bertz CT molecular complexity index is 217. The fourth-order valence-electron chi connectivity index (χ4n) is 1.20. The lowest BCUT2D eigenvalue weighted by molar-refractivity contribution is 0.372. The molecule has 0 rings (SSSR count). The molecule has 0 aromatic carbocycles. The van der Waals surface area contributed by atoms with Crippen LogP contribution in [0.5, 0.6) is 0 Å². The van der Waals surface area contributed by atoms with E-state index in [2.05, 4.69) is 58.9 Å². The molecule has 0 fully saturated rings. The highest BCUT2D eigenvalue weighted by Crippen LogP contribution is 2.62. The Balaban J connectivity index is 4.95. The van der Waals surface area contributed by atoms with E-state index in [1.807, 2.05) is 0 Å². The third-order valence-corrected chi connectivity index (χ3v) is 10.8. The van der Waals surface area contributed by atoms with Crippen LogP contribution in [0.2, 0.25) is 58.9 Å². The summed E-state index contributed by atoms with van der Waals surface area (Å²) in [5.41, 5.74) is 0. The van der Waals surface area contributed by atoms with Crippen LogP contribution in [0.15, 0.2) is 0 Å². The molecule has 0 aliphatic rings. The summed E-state index contributed by atoms with van der Waals surface area (Å²) in [6.07, 6.45) is 0. The van der Waals surface area contributed by atoms with Gasteiger partial charge in [-0.05, 0) is 58.9 Å². The summed E-state index contributed by atoms with van der Waals surface area (Å²) in [7, 11) is -1.66. The first-order valence-electron chi connectivity index (χ1n) is 5.92. The predicted molar refractivity (Wildman–Crippen MR) is 86.0 cm³/mol. The summed E-state index contributed by atoms with van der Waals surface area (Å²) in [6.45, 7) is 19.0. The summed E-state index contributed by atoms with van der Waals surface area (Å²) in [4.78, 5) is 0. The highest BCUT2D eigenvalue weighted by Gasteiger charge is 2.40. The van der Waals surface area contributed by atoms with E-state index < -0.39 is 32.8 Å². The summed E-state index contributed by atoms with van der Waals surface area (Å²) >= 11 is 0. The quantitative estimate of drug-likeness (QED) is 0.538. The Morgan fingerprint density at radius 2 is 0.765 bits per heavy atom. The molecular formula is C9H27BO3PSi3. The topological polar surface area (TPSA) is 27.7 Å². The molecule has 8 heteroatoms. The molecule has 0 unspecified atom stereocenters. The van der Waals surface area contributed by atoms with Gasteiger partial charge in [-0.3, -0.25) is 12.6 Å². The molecule has 101 valence electrons. The molecular weight excluding hydrogens is 282 g/mol. The van der Waals surface area contributed by atoms with Gasteiger partial charge in [-0.25, -0.2) is 0 Å². The van der Waals surface area contributed by atoms with E-state index in [0.29, 0.717) is 0 Å². The molecule has 0 aromatic heterocycles. The molecule has 0 aliphatic carbocycles. The average Bonchev–Trinajstić information content (AvgIpc) is 1.65. The van der Waals surface area contributed by atoms with Gasteiger partial charge in [-0.15, -0.1) is 0 Å². The van der Waals surface area contributed by atoms with E-state index in [1.54, 1.807) is 0 Å². The maximum absolute atomic E-state index is 6.31. The van der Waals surface area contributed by atoms with Crippen molar-refractivity contribution in [2.24, 2.45) is 0 Å². The molecule has 0 spiro atoms. The lowest BCUT2D eigenvalue weighted by atomic mass is 10.8. The van der Waals surface area contributed by atoms with Crippen molar-refractivity contribution in [3.8, 4) is 0 Å². The van der Waals surface area contributed by atoms with Gasteiger partial charge >= 0.3 is 0 Å². The van der Waals surface area contributed by atoms with Gasteiger partial charge in [0.05, 0.1) is 7.82 Å². The molecule has 0 aliphatic heterocycles. The second-order valence-electron chi connectivity index (χ2n) is 7.15. The third-order valence-electron chi connectivity index (χ3n) is 1.20. The second-order valence-corrected chi connectivity index (χ2v) is 23.1. The highest BCUT2D eigenvalue weighted by molar-refractivity contribution is 7.88. The molecule has 0 amide bonds. The van der Waals surface area contributed by atoms with Gasteiger partial charge in [-0.1, -0.05) is 0 Å². The Labute approximate surface area is 112 Å². The monoisotopic (exact) mass is 309 g/mol. The molecule has 3 nitrogen and oxygen atoms in total. The van der Waals surface area contributed by atoms with Crippen LogP contribution in [0.1, 0.15) is 0 Å². The molecule has 0 N–H and O–H groups in total. The molecule has 17 heavy (non-hydrogen) atoms. The zero-order valence-electron chi connectivity index (χ0n) is 12.7. The first-order chi connectivity index (χ1) is 7.12. The lowest BCUT2D eigenvalue weighted by Gasteiger charge is -2.43. The maximum atomic E-state index is 6.31. The van der Waals surface area contributed by atoms with Gasteiger partial charge in [0, 0.05) is 0 Å². The molecule has 0 aromatic rings. The normalized spacial score (nSPS) is 15.2. The first-order valence-corrected chi connectivity index (χ1v) is 17.8. The summed E-state index contributed by atoms with van der Waals surface area (Å²) in [5, 5.41) is 0. The number of hydrogen-bond acceptors (Lipinski definition) is 3. The van der Waals surface area contributed by atoms with E-state index in [0.717, 1.165) is 0 Å². The molecule has 0 saturated carbocycles. The Kier molecular flexibility index (Phi) is 5.90. The summed E-state index contributed by atoms with van der Waals surface area (Å²) in [6, 6.07) is 0. The van der Waals surface area contributed by atoms with Gasteiger partial charge in [0.2, 0.25) is 25.0 Å². The molecule has 0 heterocycles. The van der Waals surface area contributed by atoms with Crippen LogP contribution in [0, 0.1) is 0 Å². The molecule has 3 radical (unpaired) electrons. The van der Waals surface area contributed by atoms with Gasteiger partial charge < -0.3 is 0 Å². The third kappa shape index (κ3) is 10.6. The fourth-order valence-corrected chi connectivity index (χ4v) is 11.8. The number of rotatable bonds is 6. The molecule has 0 bridgehead atoms. The molecule has 0 saturated heterocycles. The van der Waals surface area contributed by atoms with Crippen molar-refractivity contribution in [1.29, 1.82) is 0 Å². The van der Waals surface area contributed by atoms with E-state index in [4.69, 9.17) is 20.2 Å². The van der Waals surface area contributed by atoms with E-state index >= 15 is 0 Å². The van der Waals surface area contributed by atoms with Crippen LogP contribution in [-0.2, 0) is 12.6 Å². The van der Waals surface area contributed by atoms with Crippen LogP contribution in [0.3, 0.4) is 0 Å². The first kappa shape index (κ1) is 18.0. The van der Waals surface area contributed by atoms with Crippen LogP contribution in [0.25, 0.3) is 0 Å². The minimum atomic E-state index is -2.65. The van der Waals surface area contributed by atoms with E-state index in [9.17, 15) is 0 Å². The maximum Gasteiger partial charge on any atom is 0.242 e. The van der Waals surface area contributed by atoms with Gasteiger partial charge in [0.1, 0.15) is 0 Å². The van der Waals surface area contributed by atoms with Crippen LogP contribution in [-0.4, -0.2) is 32.5 Å². The SMILES string of the molecule is [B-][P+](O[Si](C)(C)C)(O[Si](C)(C)C)O[Si](C)(C)C. The number of hydrogen-bond donors (Lipinski definition) is 0. The highest BCUT2D eigenvalue weighted by atomic mass is 31.2. The lowest BCUT2D eigenvalue weighted by Crippen LogP contribution is -2.37. The minimum Gasteiger partial charge on any atom is -0.284 e. The Morgan fingerprint density at radius 3 is 0.882 bits per heavy atom. The zero-order valence-corrected chi connectivity index (χ0v) is 16.6. The largest absolute Gasteiger partial charge is 0.284 e. The molecule has 0 atom stereocenters. The van der Waals surface area contributed by atoms with Crippen molar-refractivity contribution in [1.82, 2.24) is 0 Å². The standard InChI is InChI=1S/C9H27BO3PSi3/c1-15(2,3)11-14(10,12-16(4,5)6)13-17(7,8)9/h1-9H3. The second kappa shape index (κ2) is 5.57. The van der Waals surface area contributed by atoms with Gasteiger partial charge in [-0.2, -0.15) is 7.57 Å². The van der Waals surface area contributed by atoms with E-state index in [1.165, 1.54) is 0 Å². The van der Waals surface area contributed by atoms with Crippen molar-refractivity contribution >= 4 is 40.3 Å². The van der Waals surface area contributed by atoms with Crippen molar-refractivity contribution < 1.29 is 12.6 Å². The Morgan fingerprint density at radius 1 is 0.588 bits per heavy atom. The van der Waals surface area contributed by atoms with Gasteiger partial charge in [0.25, 0.3) is 0 Å². The van der Waals surface area contributed by atoms with Crippen molar-refractivity contribution in [3.05, 3.63) is 0 Å². The van der Waals surface area contributed by atoms with Crippen molar-refractivity contribution in [2.45, 2.75) is 58.9 Å². The fraction of sp³-hybridized carbons (Fsp3) is 1.00. The minimum absolute atomic E-state index is 1.77. The predicted octanol–water partition coefficient (Wildman–Crippen LogP) is 4.39. The smallest absolute Gasteiger partial charge is 0.242 e. The summed E-state index contributed by atoms with van der Waals surface area (Å²) in [5.74, 6) is 0. The van der Waals surface area contributed by atoms with Crippen LogP contribution >= 0.6 is 7.82 Å². The van der Waals surface area contributed by atoms with Crippen LogP contribution < -0.4 is 0 Å². The van der Waals surface area contributed by atoms with E-state index in [-0.39, 0.29) is 0 Å². The Hall–Kier alpha value is 1.03.